The zero-order valence-corrected chi connectivity index (χ0v) is 28.3. The van der Waals surface area contributed by atoms with E-state index >= 15 is 0 Å². The number of fused-ring (bicyclic) bond motifs is 2. The zero-order valence-electron chi connectivity index (χ0n) is 24.8. The van der Waals surface area contributed by atoms with Gasteiger partial charge in [0.25, 0.3) is 0 Å². The van der Waals surface area contributed by atoms with Crippen LogP contribution >= 0.6 is 23.2 Å². The van der Waals surface area contributed by atoms with Crippen LogP contribution in [0.4, 0.5) is 5.95 Å². The van der Waals surface area contributed by atoms with Crippen LogP contribution in [0.25, 0.3) is 11.0 Å². The van der Waals surface area contributed by atoms with Crippen molar-refractivity contribution in [2.24, 2.45) is 0 Å². The summed E-state index contributed by atoms with van der Waals surface area (Å²) < 4.78 is 29.8. The van der Waals surface area contributed by atoms with E-state index < -0.39 is 41.7 Å². The molecule has 4 atom stereocenters. The lowest BCUT2D eigenvalue weighted by Crippen LogP contribution is -2.65. The molecule has 0 unspecified atom stereocenters. The van der Waals surface area contributed by atoms with Gasteiger partial charge in [0.1, 0.15) is 18.3 Å². The molecular weight excluding hydrogens is 573 g/mol. The number of aromatic nitrogens is 2. The summed E-state index contributed by atoms with van der Waals surface area (Å²) in [5, 5.41) is 16.1. The number of hydrogen-bond donors (Lipinski definition) is 2. The molecule has 3 heterocycles. The Morgan fingerprint density at radius 1 is 0.923 bits per heavy atom. The molecule has 0 spiro atoms. The van der Waals surface area contributed by atoms with Crippen LogP contribution in [-0.2, 0) is 17.7 Å². The van der Waals surface area contributed by atoms with E-state index in [1.54, 1.807) is 12.1 Å². The summed E-state index contributed by atoms with van der Waals surface area (Å²) in [6, 6.07) is 3.60. The molecule has 39 heavy (non-hydrogen) atoms. The van der Waals surface area contributed by atoms with Crippen molar-refractivity contribution < 1.29 is 22.8 Å². The number of ether oxygens (including phenoxy) is 1. The van der Waals surface area contributed by atoms with E-state index in [1.165, 1.54) is 0 Å². The first-order valence-electron chi connectivity index (χ1n) is 14.1. The molecule has 8 nitrogen and oxygen atoms in total. The quantitative estimate of drug-likeness (QED) is 0.313. The van der Waals surface area contributed by atoms with Crippen LogP contribution in [-0.4, -0.2) is 62.7 Å². The molecule has 2 N–H and O–H groups in total. The predicted octanol–water partition coefficient (Wildman–Crippen LogP) is 7.38. The van der Waals surface area contributed by atoms with Gasteiger partial charge in [-0.05, 0) is 48.1 Å². The smallest absolute Gasteiger partial charge is 0.335 e. The van der Waals surface area contributed by atoms with Crippen LogP contribution in [0.1, 0.15) is 75.5 Å². The Hall–Kier alpha value is -0.696. The minimum absolute atomic E-state index is 0.0948. The fourth-order valence-electron chi connectivity index (χ4n) is 6.06. The van der Waals surface area contributed by atoms with E-state index in [0.29, 0.717) is 27.0 Å². The highest BCUT2D eigenvalue weighted by Gasteiger charge is 2.61. The predicted molar refractivity (Wildman–Crippen MR) is 162 cm³/mol. The lowest BCUT2D eigenvalue weighted by molar-refractivity contribution is -0.0561. The third kappa shape index (κ3) is 5.46. The molecule has 12 heteroatoms. The monoisotopic (exact) mass is 617 g/mol. The normalized spacial score (nSPS) is 27.1. The second-order valence-electron chi connectivity index (χ2n) is 12.5. The first-order chi connectivity index (χ1) is 18.1. The standard InChI is InChI=1S/C27H45Cl2N3O5Si2/c1-14(2)30-27-31-21-11-19(28)20(29)12-22(21)32(27)26-24(33)25-23(35-26)13-34-38(15(3)4,16(5)6)37-39(36-25,17(7)8)18(9)10/h11-12,14-18,23-26,33H,13H2,1-10H3,(H,30,31)/t23-,24-,25-,26-/m0/s1. The van der Waals surface area contributed by atoms with Crippen LogP contribution in [0.5, 0.6) is 0 Å². The van der Waals surface area contributed by atoms with Gasteiger partial charge in [0.2, 0.25) is 5.95 Å². The Balaban J connectivity index is 1.84. The molecule has 4 rings (SSSR count). The van der Waals surface area contributed by atoms with Gasteiger partial charge in [0.15, 0.2) is 6.23 Å². The Labute approximate surface area is 245 Å². The van der Waals surface area contributed by atoms with Gasteiger partial charge in [-0.1, -0.05) is 78.6 Å². The van der Waals surface area contributed by atoms with Gasteiger partial charge in [0, 0.05) is 6.04 Å². The number of anilines is 1. The highest BCUT2D eigenvalue weighted by Crippen LogP contribution is 2.49. The maximum Gasteiger partial charge on any atom is 0.335 e. The van der Waals surface area contributed by atoms with Crippen molar-refractivity contribution in [3.05, 3.63) is 22.2 Å². The van der Waals surface area contributed by atoms with Gasteiger partial charge in [0.05, 0.1) is 27.7 Å². The van der Waals surface area contributed by atoms with Crippen molar-refractivity contribution in [2.75, 3.05) is 11.9 Å². The number of aliphatic hydroxyl groups is 1. The molecule has 2 saturated heterocycles. The first-order valence-corrected chi connectivity index (χ1v) is 18.8. The summed E-state index contributed by atoms with van der Waals surface area (Å²) in [6.07, 6.45) is -2.86. The first kappa shape index (κ1) is 31.2. The van der Waals surface area contributed by atoms with E-state index in [0.717, 1.165) is 0 Å². The van der Waals surface area contributed by atoms with Gasteiger partial charge in [-0.2, -0.15) is 0 Å². The summed E-state index contributed by atoms with van der Waals surface area (Å²) in [4.78, 5) is 4.78. The highest BCUT2D eigenvalue weighted by atomic mass is 35.5. The summed E-state index contributed by atoms with van der Waals surface area (Å²) in [6.45, 7) is 21.8. The highest BCUT2D eigenvalue weighted by molar-refractivity contribution is 6.84. The number of halogens is 2. The van der Waals surface area contributed by atoms with E-state index in [4.69, 9.17) is 45.9 Å². The maximum absolute atomic E-state index is 11.9. The number of aliphatic hydroxyl groups excluding tert-OH is 1. The largest absolute Gasteiger partial charge is 0.414 e. The third-order valence-electron chi connectivity index (χ3n) is 8.04. The van der Waals surface area contributed by atoms with Gasteiger partial charge < -0.3 is 28.1 Å². The molecule has 2 fully saturated rings. The van der Waals surface area contributed by atoms with Crippen molar-refractivity contribution in [3.8, 4) is 0 Å². The topological polar surface area (TPSA) is 87.0 Å². The summed E-state index contributed by atoms with van der Waals surface area (Å²) in [7, 11) is -5.64. The van der Waals surface area contributed by atoms with Crippen molar-refractivity contribution in [3.63, 3.8) is 0 Å². The number of rotatable bonds is 7. The number of benzene rings is 1. The number of hydrogen-bond acceptors (Lipinski definition) is 7. The van der Waals surface area contributed by atoms with Crippen LogP contribution in [0.3, 0.4) is 0 Å². The van der Waals surface area contributed by atoms with Crippen molar-refractivity contribution in [2.45, 2.75) is 122 Å². The van der Waals surface area contributed by atoms with E-state index in [9.17, 15) is 5.11 Å². The van der Waals surface area contributed by atoms with Crippen LogP contribution in [0.2, 0.25) is 32.2 Å². The minimum Gasteiger partial charge on any atom is -0.414 e. The molecule has 2 aromatic rings. The average molecular weight is 619 g/mol. The van der Waals surface area contributed by atoms with Crippen molar-refractivity contribution >= 4 is 57.3 Å². The SMILES string of the molecule is CC(C)Nc1nc2cc(Cl)c(Cl)cc2n1[C@H]1O[C@H]2CO[Si](C(C)C)(C(C)C)O[Si](C(C)C)(C(C)C)O[C@@H]2[C@@H]1O. The Morgan fingerprint density at radius 3 is 2.03 bits per heavy atom. The van der Waals surface area contributed by atoms with Crippen LogP contribution in [0, 0.1) is 0 Å². The van der Waals surface area contributed by atoms with E-state index in [1.807, 2.05) is 18.4 Å². The minimum atomic E-state index is -2.92. The lowest BCUT2D eigenvalue weighted by atomic mass is 10.1. The second kappa shape index (κ2) is 11.5. The lowest BCUT2D eigenvalue weighted by Gasteiger charge is -2.51. The van der Waals surface area contributed by atoms with Crippen LogP contribution < -0.4 is 5.32 Å². The van der Waals surface area contributed by atoms with Crippen molar-refractivity contribution in [1.29, 1.82) is 0 Å². The molecule has 1 aromatic carbocycles. The number of nitrogens with one attached hydrogen (secondary N) is 1. The molecule has 0 radical (unpaired) electrons. The van der Waals surface area contributed by atoms with Crippen molar-refractivity contribution in [1.82, 2.24) is 9.55 Å². The summed E-state index contributed by atoms with van der Waals surface area (Å²) >= 11 is 12.8. The zero-order chi connectivity index (χ0) is 29.0. The van der Waals surface area contributed by atoms with Gasteiger partial charge in [-0.25, -0.2) is 4.98 Å². The molecule has 2 aliphatic heterocycles. The fourth-order valence-corrected chi connectivity index (χ4v) is 17.6. The summed E-state index contributed by atoms with van der Waals surface area (Å²) in [5.74, 6) is 0.568. The number of imidazole rings is 1. The molecule has 2 aliphatic rings. The molecule has 0 bridgehead atoms. The molecular formula is C27H45Cl2N3O5Si2. The molecule has 0 amide bonds. The Bertz CT molecular complexity index is 1160. The maximum atomic E-state index is 11.9. The third-order valence-corrected chi connectivity index (χ3v) is 19.0. The van der Waals surface area contributed by atoms with E-state index in [-0.39, 0.29) is 34.8 Å². The van der Waals surface area contributed by atoms with Gasteiger partial charge in [-0.3, -0.25) is 4.57 Å². The Morgan fingerprint density at radius 2 is 1.49 bits per heavy atom. The molecule has 0 aliphatic carbocycles. The van der Waals surface area contributed by atoms with E-state index in [2.05, 4.69) is 60.7 Å². The molecule has 0 saturated carbocycles. The molecule has 220 valence electrons. The van der Waals surface area contributed by atoms with Gasteiger partial charge >= 0.3 is 17.1 Å². The molecule has 1 aromatic heterocycles. The second-order valence-corrected chi connectivity index (χ2v) is 22.1. The number of nitrogens with zero attached hydrogens (tertiary/aromatic N) is 2. The fraction of sp³-hybridized carbons (Fsp3) is 0.741. The Kier molecular flexibility index (Phi) is 9.24. The van der Waals surface area contributed by atoms with Crippen LogP contribution in [0.15, 0.2) is 12.1 Å². The summed E-state index contributed by atoms with van der Waals surface area (Å²) in [5.41, 5.74) is 2.10. The van der Waals surface area contributed by atoms with Gasteiger partial charge in [-0.15, -0.1) is 0 Å². The average Bonchev–Trinajstić information content (AvgIpc) is 3.28.